The Balaban J connectivity index is 1.41. The molecule has 34 heavy (non-hydrogen) atoms. The summed E-state index contributed by atoms with van der Waals surface area (Å²) in [5.74, 6) is -2.87. The lowest BCUT2D eigenvalue weighted by molar-refractivity contribution is -0.159. The van der Waals surface area contributed by atoms with E-state index in [1.54, 1.807) is 0 Å². The largest absolute Gasteiger partial charge is 0.481 e. The zero-order valence-electron chi connectivity index (χ0n) is 20.4. The van der Waals surface area contributed by atoms with Gasteiger partial charge >= 0.3 is 17.9 Å². The molecular formula is C26H42O8. The van der Waals surface area contributed by atoms with Gasteiger partial charge < -0.3 is 19.3 Å². The Hall–Kier alpha value is -2.12. The lowest BCUT2D eigenvalue weighted by atomic mass is 9.79. The molecule has 1 N–H and O–H groups in total. The third-order valence-electron chi connectivity index (χ3n) is 7.15. The zero-order valence-corrected chi connectivity index (χ0v) is 20.4. The summed E-state index contributed by atoms with van der Waals surface area (Å²) in [6, 6.07) is 0. The minimum atomic E-state index is -0.887. The highest BCUT2D eigenvalue weighted by Crippen LogP contribution is 2.31. The van der Waals surface area contributed by atoms with Crippen molar-refractivity contribution >= 4 is 24.4 Å². The van der Waals surface area contributed by atoms with Crippen molar-refractivity contribution in [1.29, 1.82) is 0 Å². The third-order valence-corrected chi connectivity index (χ3v) is 7.15. The number of carboxylic acid groups (broad SMARTS) is 1. The third kappa shape index (κ3) is 10.0. The second-order valence-corrected chi connectivity index (χ2v) is 9.66. The molecule has 0 amide bonds. The van der Waals surface area contributed by atoms with Gasteiger partial charge in [0.1, 0.15) is 6.10 Å². The molecule has 8 heteroatoms. The Morgan fingerprint density at radius 2 is 1.09 bits per heavy atom. The molecule has 0 aliphatic heterocycles. The standard InChI is InChI=1S/C26H42O8/c27-19-34-23-16-10-9-15-22(23)26(31)33-18-12-6-4-2-1-3-5-11-17-32-25(30)21-14-8-7-13-20(21)24(28)29/h19-23H,1-18H2,(H,28,29). The maximum Gasteiger partial charge on any atom is 0.312 e. The van der Waals surface area contributed by atoms with Crippen LogP contribution in [0, 0.1) is 17.8 Å². The molecule has 4 atom stereocenters. The summed E-state index contributed by atoms with van der Waals surface area (Å²) < 4.78 is 15.8. The first kappa shape index (κ1) is 28.1. The summed E-state index contributed by atoms with van der Waals surface area (Å²) >= 11 is 0. The number of unbranched alkanes of at least 4 members (excludes halogenated alkanes) is 7. The Morgan fingerprint density at radius 1 is 0.647 bits per heavy atom. The van der Waals surface area contributed by atoms with E-state index in [9.17, 15) is 24.3 Å². The van der Waals surface area contributed by atoms with Crippen molar-refractivity contribution in [2.24, 2.45) is 17.8 Å². The summed E-state index contributed by atoms with van der Waals surface area (Å²) in [4.78, 5) is 46.4. The Labute approximate surface area is 203 Å². The van der Waals surface area contributed by atoms with Crippen molar-refractivity contribution in [3.63, 3.8) is 0 Å². The van der Waals surface area contributed by atoms with Crippen LogP contribution in [0.2, 0.25) is 0 Å². The maximum atomic E-state index is 12.2. The van der Waals surface area contributed by atoms with Crippen LogP contribution in [0.4, 0.5) is 0 Å². The zero-order chi connectivity index (χ0) is 24.6. The topological polar surface area (TPSA) is 116 Å². The number of hydrogen-bond acceptors (Lipinski definition) is 7. The van der Waals surface area contributed by atoms with Gasteiger partial charge in [-0.2, -0.15) is 0 Å². The van der Waals surface area contributed by atoms with Crippen molar-refractivity contribution in [2.75, 3.05) is 13.2 Å². The molecule has 2 rings (SSSR count). The first-order valence-corrected chi connectivity index (χ1v) is 13.2. The highest BCUT2D eigenvalue weighted by atomic mass is 16.5. The van der Waals surface area contributed by atoms with E-state index in [0.29, 0.717) is 32.5 Å². The number of ether oxygens (including phenoxy) is 3. The van der Waals surface area contributed by atoms with Crippen molar-refractivity contribution in [3.05, 3.63) is 0 Å². The molecule has 0 saturated heterocycles. The number of carbonyl (C=O) groups excluding carboxylic acids is 3. The summed E-state index contributed by atoms with van der Waals surface area (Å²) in [7, 11) is 0. The average Bonchev–Trinajstić information content (AvgIpc) is 2.85. The number of hydrogen-bond donors (Lipinski definition) is 1. The maximum absolute atomic E-state index is 12.2. The molecule has 4 unspecified atom stereocenters. The Kier molecular flexibility index (Phi) is 13.6. The Morgan fingerprint density at radius 3 is 1.62 bits per heavy atom. The molecule has 0 aromatic rings. The molecule has 194 valence electrons. The van der Waals surface area contributed by atoms with Crippen LogP contribution in [0.1, 0.15) is 103 Å². The lowest BCUT2D eigenvalue weighted by Gasteiger charge is -2.28. The van der Waals surface area contributed by atoms with E-state index in [2.05, 4.69) is 0 Å². The van der Waals surface area contributed by atoms with E-state index < -0.39 is 17.8 Å². The lowest BCUT2D eigenvalue weighted by Crippen LogP contribution is -2.34. The highest BCUT2D eigenvalue weighted by Gasteiger charge is 2.36. The van der Waals surface area contributed by atoms with Gasteiger partial charge in [-0.05, 0) is 44.9 Å². The molecular weight excluding hydrogens is 440 g/mol. The van der Waals surface area contributed by atoms with Gasteiger partial charge in [-0.1, -0.05) is 57.8 Å². The molecule has 2 saturated carbocycles. The van der Waals surface area contributed by atoms with E-state index in [0.717, 1.165) is 89.9 Å². The molecule has 0 spiro atoms. The van der Waals surface area contributed by atoms with E-state index in [4.69, 9.17) is 14.2 Å². The van der Waals surface area contributed by atoms with Gasteiger partial charge in [0.25, 0.3) is 6.47 Å². The molecule has 0 aromatic carbocycles. The number of esters is 2. The molecule has 0 bridgehead atoms. The average molecular weight is 483 g/mol. The fraction of sp³-hybridized carbons (Fsp3) is 0.846. The van der Waals surface area contributed by atoms with Crippen molar-refractivity contribution in [2.45, 2.75) is 109 Å². The quantitative estimate of drug-likeness (QED) is 0.144. The van der Waals surface area contributed by atoms with Gasteiger partial charge in [0, 0.05) is 0 Å². The first-order chi connectivity index (χ1) is 16.5. The first-order valence-electron chi connectivity index (χ1n) is 13.2. The van der Waals surface area contributed by atoms with E-state index in [1.165, 1.54) is 0 Å². The summed E-state index contributed by atoms with van der Waals surface area (Å²) in [6.45, 7) is 1.21. The molecule has 8 nitrogen and oxygen atoms in total. The van der Waals surface area contributed by atoms with E-state index in [-0.39, 0.29) is 24.0 Å². The summed E-state index contributed by atoms with van der Waals surface area (Å²) in [5, 5.41) is 9.28. The van der Waals surface area contributed by atoms with Crippen LogP contribution >= 0.6 is 0 Å². The van der Waals surface area contributed by atoms with Gasteiger partial charge in [0.15, 0.2) is 0 Å². The van der Waals surface area contributed by atoms with Crippen LogP contribution in [0.15, 0.2) is 0 Å². The van der Waals surface area contributed by atoms with E-state index in [1.807, 2.05) is 0 Å². The molecule has 0 heterocycles. The molecule has 2 aliphatic carbocycles. The second kappa shape index (κ2) is 16.5. The SMILES string of the molecule is O=COC1CCCCC1C(=O)OCCCCCCCCCCOC(=O)C1CCCCC1C(=O)O. The minimum absolute atomic E-state index is 0.241. The van der Waals surface area contributed by atoms with Crippen molar-refractivity contribution in [1.82, 2.24) is 0 Å². The fourth-order valence-electron chi connectivity index (χ4n) is 5.13. The van der Waals surface area contributed by atoms with Crippen LogP contribution in [0.5, 0.6) is 0 Å². The highest BCUT2D eigenvalue weighted by molar-refractivity contribution is 5.81. The van der Waals surface area contributed by atoms with Crippen molar-refractivity contribution < 1.29 is 38.5 Å². The minimum Gasteiger partial charge on any atom is -0.481 e. The van der Waals surface area contributed by atoms with Crippen LogP contribution in [0.25, 0.3) is 0 Å². The second-order valence-electron chi connectivity index (χ2n) is 9.66. The van der Waals surface area contributed by atoms with Gasteiger partial charge in [-0.25, -0.2) is 0 Å². The van der Waals surface area contributed by atoms with Crippen LogP contribution in [0.3, 0.4) is 0 Å². The van der Waals surface area contributed by atoms with Gasteiger partial charge in [-0.15, -0.1) is 0 Å². The Bertz CT molecular complexity index is 634. The van der Waals surface area contributed by atoms with E-state index >= 15 is 0 Å². The predicted octanol–water partition coefficient (Wildman–Crippen LogP) is 4.82. The smallest absolute Gasteiger partial charge is 0.312 e. The van der Waals surface area contributed by atoms with Gasteiger partial charge in [0.05, 0.1) is 31.0 Å². The summed E-state index contributed by atoms with van der Waals surface area (Å²) in [6.07, 6.45) is 14.0. The molecule has 2 aliphatic rings. The number of aliphatic carboxylic acids is 1. The number of rotatable bonds is 16. The van der Waals surface area contributed by atoms with Gasteiger partial charge in [0.2, 0.25) is 0 Å². The number of carbonyl (C=O) groups is 4. The van der Waals surface area contributed by atoms with Gasteiger partial charge in [-0.3, -0.25) is 19.2 Å². The fourth-order valence-corrected chi connectivity index (χ4v) is 5.13. The monoisotopic (exact) mass is 482 g/mol. The predicted molar refractivity (Wildman–Crippen MR) is 125 cm³/mol. The van der Waals surface area contributed by atoms with Crippen molar-refractivity contribution in [3.8, 4) is 0 Å². The normalized spacial score (nSPS) is 24.7. The van der Waals surface area contributed by atoms with Crippen LogP contribution in [-0.2, 0) is 33.4 Å². The summed E-state index contributed by atoms with van der Waals surface area (Å²) in [5.41, 5.74) is 0. The number of carboxylic acids is 1. The van der Waals surface area contributed by atoms with Crippen LogP contribution < -0.4 is 0 Å². The molecule has 0 radical (unpaired) electrons. The molecule has 2 fully saturated rings. The van der Waals surface area contributed by atoms with Crippen LogP contribution in [-0.4, -0.2) is 48.8 Å². The molecule has 0 aromatic heterocycles.